The first kappa shape index (κ1) is 30.2. The van der Waals surface area contributed by atoms with E-state index >= 15 is 0 Å². The fraction of sp³-hybridized carbons (Fsp3) is 0.450. The van der Waals surface area contributed by atoms with Crippen LogP contribution in [-0.2, 0) is 12.8 Å². The Labute approximate surface area is 252 Å². The Kier molecular flexibility index (Phi) is 8.23. The maximum absolute atomic E-state index is 11.5. The molecule has 2 atom stereocenters. The maximum atomic E-state index is 11.5. The lowest BCUT2D eigenvalue weighted by molar-refractivity contribution is 0.296. The van der Waals surface area contributed by atoms with E-state index in [1.165, 1.54) is 24.0 Å². The smallest absolute Gasteiger partial charge is 0.131 e. The van der Waals surface area contributed by atoms with Crippen molar-refractivity contribution in [3.8, 4) is 11.5 Å². The second kappa shape index (κ2) is 11.4. The summed E-state index contributed by atoms with van der Waals surface area (Å²) < 4.78 is 0. The van der Waals surface area contributed by atoms with Crippen molar-refractivity contribution in [1.82, 2.24) is 0 Å². The van der Waals surface area contributed by atoms with E-state index in [4.69, 9.17) is 0 Å². The van der Waals surface area contributed by atoms with Gasteiger partial charge in [0.2, 0.25) is 0 Å². The Hall–Kier alpha value is -3.26. The summed E-state index contributed by atoms with van der Waals surface area (Å²) in [4.78, 5) is 0. The molecule has 0 radical (unpaired) electrons. The summed E-state index contributed by atoms with van der Waals surface area (Å²) in [5, 5.41) is 30.3. The minimum absolute atomic E-state index is 0.327. The van der Waals surface area contributed by atoms with E-state index in [0.717, 1.165) is 68.8 Å². The number of hydrogen-bond acceptors (Lipinski definition) is 2. The third-order valence-electron chi connectivity index (χ3n) is 8.87. The summed E-state index contributed by atoms with van der Waals surface area (Å²) in [6.07, 6.45) is 6.74. The molecular formula is C40H50O2. The van der Waals surface area contributed by atoms with Gasteiger partial charge in [-0.05, 0) is 130 Å². The molecule has 0 saturated carbocycles. The minimum Gasteiger partial charge on any atom is -0.507 e. The standard InChI is InChI=1S/C40H50O2/c1-25(23-39(3,4)5)9-11-27-13-15-29-19-31-22-36-32(21-35(31)37(41)33(29)17-27)20-30-16-14-28(18-34(30)38(36)42)12-10-26(2)24-40(6,7)8/h13-22,25-26,41-42H,9-12,23-24H2,1-8H3. The van der Waals surface area contributed by atoms with Gasteiger partial charge in [0.05, 0.1) is 0 Å². The molecule has 2 N–H and O–H groups in total. The van der Waals surface area contributed by atoms with Gasteiger partial charge in [-0.2, -0.15) is 0 Å². The lowest BCUT2D eigenvalue weighted by Crippen LogP contribution is -2.11. The van der Waals surface area contributed by atoms with Gasteiger partial charge in [-0.15, -0.1) is 0 Å². The Balaban J connectivity index is 1.46. The molecule has 0 bridgehead atoms. The molecule has 222 valence electrons. The number of phenolic OH excluding ortho intramolecular Hbond substituents is 2. The van der Waals surface area contributed by atoms with Crippen LogP contribution in [0.15, 0.2) is 60.7 Å². The molecule has 2 unspecified atom stereocenters. The zero-order chi connectivity index (χ0) is 30.4. The maximum Gasteiger partial charge on any atom is 0.131 e. The number of benzene rings is 5. The second-order valence-electron chi connectivity index (χ2n) is 15.7. The number of fused-ring (bicyclic) bond motifs is 4. The Morgan fingerprint density at radius 1 is 0.500 bits per heavy atom. The highest BCUT2D eigenvalue weighted by molar-refractivity contribution is 6.14. The molecule has 0 aromatic heterocycles. The van der Waals surface area contributed by atoms with Crippen LogP contribution in [-0.4, -0.2) is 10.2 Å². The summed E-state index contributed by atoms with van der Waals surface area (Å²) in [6, 6.07) is 21.4. The van der Waals surface area contributed by atoms with Gasteiger partial charge in [0.15, 0.2) is 0 Å². The lowest BCUT2D eigenvalue weighted by Gasteiger charge is -2.23. The fourth-order valence-corrected chi connectivity index (χ4v) is 7.21. The van der Waals surface area contributed by atoms with Gasteiger partial charge >= 0.3 is 0 Å². The first-order chi connectivity index (χ1) is 19.7. The van der Waals surface area contributed by atoms with Gasteiger partial charge in [-0.1, -0.05) is 79.7 Å². The van der Waals surface area contributed by atoms with Crippen molar-refractivity contribution in [3.05, 3.63) is 71.8 Å². The molecule has 0 heterocycles. The monoisotopic (exact) mass is 562 g/mol. The molecule has 0 saturated heterocycles. The quantitative estimate of drug-likeness (QED) is 0.185. The molecule has 5 rings (SSSR count). The first-order valence-electron chi connectivity index (χ1n) is 15.9. The molecule has 5 aromatic rings. The highest BCUT2D eigenvalue weighted by atomic mass is 16.3. The lowest BCUT2D eigenvalue weighted by atomic mass is 9.83. The van der Waals surface area contributed by atoms with Crippen LogP contribution in [0.1, 0.15) is 92.2 Å². The van der Waals surface area contributed by atoms with Crippen LogP contribution >= 0.6 is 0 Å². The van der Waals surface area contributed by atoms with Crippen molar-refractivity contribution in [2.24, 2.45) is 22.7 Å². The molecule has 5 aromatic carbocycles. The van der Waals surface area contributed by atoms with Crippen LogP contribution in [0.4, 0.5) is 0 Å². The summed E-state index contributed by atoms with van der Waals surface area (Å²) in [5.41, 5.74) is 3.22. The molecule has 42 heavy (non-hydrogen) atoms. The number of aromatic hydroxyl groups is 2. The van der Waals surface area contributed by atoms with Crippen LogP contribution < -0.4 is 0 Å². The predicted molar refractivity (Wildman–Crippen MR) is 183 cm³/mol. The summed E-state index contributed by atoms with van der Waals surface area (Å²) in [6.45, 7) is 18.5. The number of hydrogen-bond donors (Lipinski definition) is 2. The Morgan fingerprint density at radius 2 is 0.857 bits per heavy atom. The molecule has 2 heteroatoms. The van der Waals surface area contributed by atoms with E-state index in [9.17, 15) is 10.2 Å². The zero-order valence-electron chi connectivity index (χ0n) is 27.1. The van der Waals surface area contributed by atoms with Crippen LogP contribution in [0.5, 0.6) is 11.5 Å². The number of rotatable bonds is 8. The summed E-state index contributed by atoms with van der Waals surface area (Å²) >= 11 is 0. The van der Waals surface area contributed by atoms with Crippen LogP contribution in [0.25, 0.3) is 43.1 Å². The molecular weight excluding hydrogens is 512 g/mol. The Morgan fingerprint density at radius 3 is 1.21 bits per heavy atom. The van der Waals surface area contributed by atoms with Crippen molar-refractivity contribution in [1.29, 1.82) is 0 Å². The zero-order valence-corrected chi connectivity index (χ0v) is 27.1. The predicted octanol–water partition coefficient (Wildman–Crippen LogP) is 11.7. The van der Waals surface area contributed by atoms with Crippen molar-refractivity contribution < 1.29 is 10.2 Å². The third kappa shape index (κ3) is 6.86. The molecule has 2 nitrogen and oxygen atoms in total. The summed E-state index contributed by atoms with van der Waals surface area (Å²) in [7, 11) is 0. The average Bonchev–Trinajstić information content (AvgIpc) is 2.89. The summed E-state index contributed by atoms with van der Waals surface area (Å²) in [5.74, 6) is 1.97. The van der Waals surface area contributed by atoms with Gasteiger partial charge in [-0.25, -0.2) is 0 Å². The molecule has 0 fully saturated rings. The molecule has 0 amide bonds. The molecule has 0 aliphatic heterocycles. The normalized spacial score (nSPS) is 14.3. The van der Waals surface area contributed by atoms with Crippen LogP contribution in [0.3, 0.4) is 0 Å². The van der Waals surface area contributed by atoms with Crippen molar-refractivity contribution in [2.75, 3.05) is 0 Å². The van der Waals surface area contributed by atoms with E-state index in [0.29, 0.717) is 34.2 Å². The van der Waals surface area contributed by atoms with Crippen molar-refractivity contribution in [3.63, 3.8) is 0 Å². The van der Waals surface area contributed by atoms with E-state index in [1.807, 2.05) is 12.1 Å². The van der Waals surface area contributed by atoms with Gasteiger partial charge in [0.25, 0.3) is 0 Å². The topological polar surface area (TPSA) is 40.5 Å². The Bertz CT molecular complexity index is 1620. The molecule has 0 aliphatic rings. The average molecular weight is 563 g/mol. The van der Waals surface area contributed by atoms with Crippen molar-refractivity contribution in [2.45, 2.75) is 93.9 Å². The van der Waals surface area contributed by atoms with E-state index in [2.05, 4.69) is 104 Å². The highest BCUT2D eigenvalue weighted by Crippen LogP contribution is 2.41. The highest BCUT2D eigenvalue weighted by Gasteiger charge is 2.17. The first-order valence-corrected chi connectivity index (χ1v) is 15.9. The van der Waals surface area contributed by atoms with Gasteiger partial charge in [-0.3, -0.25) is 0 Å². The number of phenols is 2. The molecule has 0 spiro atoms. The van der Waals surface area contributed by atoms with E-state index in [1.54, 1.807) is 0 Å². The van der Waals surface area contributed by atoms with E-state index < -0.39 is 0 Å². The van der Waals surface area contributed by atoms with E-state index in [-0.39, 0.29) is 0 Å². The SMILES string of the molecule is CC(CCc1ccc2cc3cc4c(O)c5cc(CCC(C)CC(C)(C)C)ccc5cc4cc3c(O)c2c1)CC(C)(C)C. The van der Waals surface area contributed by atoms with Crippen LogP contribution in [0.2, 0.25) is 0 Å². The van der Waals surface area contributed by atoms with Gasteiger partial charge < -0.3 is 10.2 Å². The van der Waals surface area contributed by atoms with Crippen LogP contribution in [0, 0.1) is 22.7 Å². The van der Waals surface area contributed by atoms with Gasteiger partial charge in [0.1, 0.15) is 11.5 Å². The minimum atomic E-state index is 0.327. The fourth-order valence-electron chi connectivity index (χ4n) is 7.21. The van der Waals surface area contributed by atoms with Gasteiger partial charge in [0, 0.05) is 21.5 Å². The second-order valence-corrected chi connectivity index (χ2v) is 15.7. The largest absolute Gasteiger partial charge is 0.507 e. The molecule has 0 aliphatic carbocycles. The third-order valence-corrected chi connectivity index (χ3v) is 8.87. The number of aryl methyl sites for hydroxylation is 2. The van der Waals surface area contributed by atoms with Crippen molar-refractivity contribution >= 4 is 43.1 Å².